The Morgan fingerprint density at radius 1 is 1.27 bits per heavy atom. The Bertz CT molecular complexity index is 315. The zero-order valence-corrected chi connectivity index (χ0v) is 9.28. The van der Waals surface area contributed by atoms with E-state index in [1.54, 1.807) is 14.2 Å². The normalized spacial score (nSPS) is 12.3. The predicted octanol–water partition coefficient (Wildman–Crippen LogP) is 1.61. The summed E-state index contributed by atoms with van der Waals surface area (Å²) < 4.78 is 10.3. The quantitative estimate of drug-likeness (QED) is 0.726. The van der Waals surface area contributed by atoms with Gasteiger partial charge in [0.15, 0.2) is 11.5 Å². The first-order valence-electron chi connectivity index (χ1n) is 4.81. The summed E-state index contributed by atoms with van der Waals surface area (Å²) in [7, 11) is 3.21. The third-order valence-electron chi connectivity index (χ3n) is 2.21. The first-order chi connectivity index (χ1) is 7.21. The van der Waals surface area contributed by atoms with E-state index >= 15 is 0 Å². The zero-order valence-electron chi connectivity index (χ0n) is 9.28. The molecule has 0 aliphatic rings. The van der Waals surface area contributed by atoms with Gasteiger partial charge < -0.3 is 14.7 Å². The number of benzene rings is 1. The SMILES string of the molecule is COc1ccc(C[C@H](C)NO)cc1OC. The number of methoxy groups -OCH3 is 2. The van der Waals surface area contributed by atoms with Crippen molar-refractivity contribution in [2.24, 2.45) is 0 Å². The Morgan fingerprint density at radius 3 is 2.47 bits per heavy atom. The van der Waals surface area contributed by atoms with Crippen molar-refractivity contribution in [1.29, 1.82) is 0 Å². The highest BCUT2D eigenvalue weighted by atomic mass is 16.5. The Balaban J connectivity index is 2.83. The smallest absolute Gasteiger partial charge is 0.160 e. The average molecular weight is 211 g/mol. The van der Waals surface area contributed by atoms with E-state index in [1.807, 2.05) is 25.1 Å². The van der Waals surface area contributed by atoms with Crippen molar-refractivity contribution in [1.82, 2.24) is 5.48 Å². The Morgan fingerprint density at radius 2 is 1.93 bits per heavy atom. The van der Waals surface area contributed by atoms with E-state index in [0.717, 1.165) is 12.0 Å². The molecular weight excluding hydrogens is 194 g/mol. The molecule has 0 aliphatic heterocycles. The van der Waals surface area contributed by atoms with Gasteiger partial charge >= 0.3 is 0 Å². The molecule has 84 valence electrons. The maximum atomic E-state index is 8.72. The Labute approximate surface area is 89.8 Å². The van der Waals surface area contributed by atoms with Crippen molar-refractivity contribution in [2.75, 3.05) is 14.2 Å². The molecule has 0 unspecified atom stereocenters. The monoisotopic (exact) mass is 211 g/mol. The largest absolute Gasteiger partial charge is 0.493 e. The zero-order chi connectivity index (χ0) is 11.3. The Kier molecular flexibility index (Phi) is 4.39. The highest BCUT2D eigenvalue weighted by molar-refractivity contribution is 5.43. The number of nitrogens with one attached hydrogen (secondary N) is 1. The summed E-state index contributed by atoms with van der Waals surface area (Å²) in [4.78, 5) is 0. The summed E-state index contributed by atoms with van der Waals surface area (Å²) in [6.07, 6.45) is 0.733. The fourth-order valence-corrected chi connectivity index (χ4v) is 1.41. The summed E-state index contributed by atoms with van der Waals surface area (Å²) in [6.45, 7) is 1.90. The second-order valence-corrected chi connectivity index (χ2v) is 3.42. The summed E-state index contributed by atoms with van der Waals surface area (Å²) in [6, 6.07) is 5.74. The lowest BCUT2D eigenvalue weighted by atomic mass is 10.1. The van der Waals surface area contributed by atoms with Gasteiger partial charge in [-0.2, -0.15) is 0 Å². The minimum atomic E-state index is 0.0168. The molecule has 15 heavy (non-hydrogen) atoms. The molecule has 0 amide bonds. The lowest BCUT2D eigenvalue weighted by molar-refractivity contribution is 0.133. The van der Waals surface area contributed by atoms with Gasteiger partial charge in [0.1, 0.15) is 0 Å². The minimum absolute atomic E-state index is 0.0168. The van der Waals surface area contributed by atoms with Crippen molar-refractivity contribution in [3.8, 4) is 11.5 Å². The first kappa shape index (κ1) is 11.8. The summed E-state index contributed by atoms with van der Waals surface area (Å²) in [5.41, 5.74) is 3.29. The molecule has 4 nitrogen and oxygen atoms in total. The van der Waals surface area contributed by atoms with E-state index < -0.39 is 0 Å². The van der Waals surface area contributed by atoms with Crippen LogP contribution in [0.25, 0.3) is 0 Å². The lowest BCUT2D eigenvalue weighted by Crippen LogP contribution is -2.24. The number of hydrogen-bond acceptors (Lipinski definition) is 4. The number of hydrogen-bond donors (Lipinski definition) is 2. The number of ether oxygens (including phenoxy) is 2. The Hall–Kier alpha value is -1.26. The van der Waals surface area contributed by atoms with Gasteiger partial charge in [0.25, 0.3) is 0 Å². The molecule has 0 aliphatic carbocycles. The lowest BCUT2D eigenvalue weighted by Gasteiger charge is -2.12. The van der Waals surface area contributed by atoms with Crippen molar-refractivity contribution in [3.05, 3.63) is 23.8 Å². The van der Waals surface area contributed by atoms with Crippen LogP contribution in [-0.2, 0) is 6.42 Å². The van der Waals surface area contributed by atoms with Crippen LogP contribution in [0.2, 0.25) is 0 Å². The van der Waals surface area contributed by atoms with Crippen LogP contribution in [0.1, 0.15) is 12.5 Å². The molecule has 1 aromatic carbocycles. The molecular formula is C11H17NO3. The van der Waals surface area contributed by atoms with E-state index in [2.05, 4.69) is 5.48 Å². The number of rotatable bonds is 5. The molecule has 0 saturated carbocycles. The van der Waals surface area contributed by atoms with Crippen LogP contribution >= 0.6 is 0 Å². The van der Waals surface area contributed by atoms with Crippen molar-refractivity contribution < 1.29 is 14.7 Å². The van der Waals surface area contributed by atoms with Gasteiger partial charge in [-0.3, -0.25) is 0 Å². The van der Waals surface area contributed by atoms with Gasteiger partial charge in [0, 0.05) is 6.04 Å². The molecule has 0 fully saturated rings. The molecule has 0 bridgehead atoms. The molecule has 2 N–H and O–H groups in total. The third kappa shape index (κ3) is 3.11. The van der Waals surface area contributed by atoms with Crippen LogP contribution < -0.4 is 15.0 Å². The van der Waals surface area contributed by atoms with Crippen LogP contribution in [0.15, 0.2) is 18.2 Å². The fraction of sp³-hybridized carbons (Fsp3) is 0.455. The topological polar surface area (TPSA) is 50.7 Å². The molecule has 1 atom stereocenters. The van der Waals surface area contributed by atoms with E-state index in [9.17, 15) is 0 Å². The van der Waals surface area contributed by atoms with Crippen LogP contribution in [0, 0.1) is 0 Å². The highest BCUT2D eigenvalue weighted by Gasteiger charge is 2.06. The second kappa shape index (κ2) is 5.58. The summed E-state index contributed by atoms with van der Waals surface area (Å²) in [5, 5.41) is 8.72. The molecule has 1 rings (SSSR count). The van der Waals surface area contributed by atoms with Gasteiger partial charge in [-0.15, -0.1) is 0 Å². The van der Waals surface area contributed by atoms with Crippen molar-refractivity contribution in [2.45, 2.75) is 19.4 Å². The van der Waals surface area contributed by atoms with E-state index in [1.165, 1.54) is 0 Å². The average Bonchev–Trinajstić information content (AvgIpc) is 2.28. The van der Waals surface area contributed by atoms with Crippen molar-refractivity contribution >= 4 is 0 Å². The third-order valence-corrected chi connectivity index (χ3v) is 2.21. The molecule has 0 radical (unpaired) electrons. The molecule has 0 spiro atoms. The molecule has 0 saturated heterocycles. The molecule has 0 heterocycles. The van der Waals surface area contributed by atoms with Crippen LogP contribution in [-0.4, -0.2) is 25.5 Å². The standard InChI is InChI=1S/C11H17NO3/c1-8(12-13)6-9-4-5-10(14-2)11(7-9)15-3/h4-5,7-8,12-13H,6H2,1-3H3/t8-/m0/s1. The van der Waals surface area contributed by atoms with Gasteiger partial charge in [-0.05, 0) is 31.0 Å². The van der Waals surface area contributed by atoms with E-state index in [4.69, 9.17) is 14.7 Å². The maximum absolute atomic E-state index is 8.72. The van der Waals surface area contributed by atoms with Gasteiger partial charge in [-0.1, -0.05) is 6.07 Å². The molecule has 0 aromatic heterocycles. The summed E-state index contributed by atoms with van der Waals surface area (Å²) >= 11 is 0. The van der Waals surface area contributed by atoms with Gasteiger partial charge in [-0.25, -0.2) is 5.48 Å². The van der Waals surface area contributed by atoms with Gasteiger partial charge in [0.2, 0.25) is 0 Å². The number of hydroxylamine groups is 1. The van der Waals surface area contributed by atoms with Gasteiger partial charge in [0.05, 0.1) is 14.2 Å². The maximum Gasteiger partial charge on any atom is 0.160 e. The van der Waals surface area contributed by atoms with E-state index in [0.29, 0.717) is 11.5 Å². The summed E-state index contributed by atoms with van der Waals surface area (Å²) in [5.74, 6) is 1.42. The van der Waals surface area contributed by atoms with Crippen LogP contribution in [0.3, 0.4) is 0 Å². The van der Waals surface area contributed by atoms with Crippen LogP contribution in [0.4, 0.5) is 0 Å². The molecule has 4 heteroatoms. The highest BCUT2D eigenvalue weighted by Crippen LogP contribution is 2.27. The van der Waals surface area contributed by atoms with E-state index in [-0.39, 0.29) is 6.04 Å². The van der Waals surface area contributed by atoms with Crippen molar-refractivity contribution in [3.63, 3.8) is 0 Å². The minimum Gasteiger partial charge on any atom is -0.493 e. The molecule has 1 aromatic rings. The predicted molar refractivity (Wildman–Crippen MR) is 57.6 cm³/mol. The second-order valence-electron chi connectivity index (χ2n) is 3.42. The fourth-order valence-electron chi connectivity index (χ4n) is 1.41. The first-order valence-corrected chi connectivity index (χ1v) is 4.81. The van der Waals surface area contributed by atoms with Crippen LogP contribution in [0.5, 0.6) is 11.5 Å².